The maximum Gasteiger partial charge on any atom is 0.0973 e. The standard InChI is InChI=1S/C44H26N2S/c1-3-12-27(13-4-1)41-42(28-14-5-2-6-15-28)46-43-32(19-11-20-37(43)45-41)30-22-24-31-29(26-30)23-25-36-39(31)33-16-7-8-17-34(33)44-40(36)35-18-9-10-21-38(35)47-44/h1-26H. The third-order valence-corrected chi connectivity index (χ3v) is 10.6. The summed E-state index contributed by atoms with van der Waals surface area (Å²) in [7, 11) is 0. The average molecular weight is 615 g/mol. The summed E-state index contributed by atoms with van der Waals surface area (Å²) >= 11 is 1.90. The van der Waals surface area contributed by atoms with Gasteiger partial charge in [0.15, 0.2) is 0 Å². The van der Waals surface area contributed by atoms with Gasteiger partial charge >= 0.3 is 0 Å². The summed E-state index contributed by atoms with van der Waals surface area (Å²) in [5.41, 5.74) is 7.91. The number of nitrogens with zero attached hydrogens (tertiary/aromatic N) is 2. The lowest BCUT2D eigenvalue weighted by molar-refractivity contribution is 1.29. The molecule has 10 rings (SSSR count). The molecular formula is C44H26N2S. The van der Waals surface area contributed by atoms with E-state index in [9.17, 15) is 0 Å². The fourth-order valence-electron chi connectivity index (χ4n) is 7.30. The van der Waals surface area contributed by atoms with Crippen LogP contribution in [0.25, 0.3) is 97.2 Å². The van der Waals surface area contributed by atoms with Crippen LogP contribution in [-0.2, 0) is 0 Å². The van der Waals surface area contributed by atoms with E-state index in [1.807, 2.05) is 23.5 Å². The minimum absolute atomic E-state index is 0.886. The summed E-state index contributed by atoms with van der Waals surface area (Å²) in [4.78, 5) is 10.6. The van der Waals surface area contributed by atoms with Crippen molar-refractivity contribution >= 4 is 74.9 Å². The predicted octanol–water partition coefficient (Wildman–Crippen LogP) is 12.5. The van der Waals surface area contributed by atoms with Crippen LogP contribution >= 0.6 is 11.3 Å². The molecule has 0 unspecified atom stereocenters. The predicted molar refractivity (Wildman–Crippen MR) is 201 cm³/mol. The Balaban J connectivity index is 1.23. The van der Waals surface area contributed by atoms with Crippen LogP contribution in [0.5, 0.6) is 0 Å². The van der Waals surface area contributed by atoms with Crippen molar-refractivity contribution in [1.29, 1.82) is 0 Å². The molecule has 2 nitrogen and oxygen atoms in total. The van der Waals surface area contributed by atoms with Gasteiger partial charge in [-0.3, -0.25) is 0 Å². The molecule has 10 aromatic rings. The van der Waals surface area contributed by atoms with Gasteiger partial charge in [0.05, 0.1) is 22.4 Å². The molecule has 0 saturated heterocycles. The molecule has 47 heavy (non-hydrogen) atoms. The molecule has 0 aliphatic carbocycles. The summed E-state index contributed by atoms with van der Waals surface area (Å²) in [5.74, 6) is 0. The third-order valence-electron chi connectivity index (χ3n) is 9.43. The molecule has 2 heterocycles. The molecule has 0 amide bonds. The van der Waals surface area contributed by atoms with Gasteiger partial charge in [-0.05, 0) is 50.7 Å². The number of fused-ring (bicyclic) bond motifs is 11. The molecule has 0 N–H and O–H groups in total. The van der Waals surface area contributed by atoms with E-state index in [1.165, 1.54) is 52.5 Å². The highest BCUT2D eigenvalue weighted by Crippen LogP contribution is 2.46. The topological polar surface area (TPSA) is 25.8 Å². The first-order valence-electron chi connectivity index (χ1n) is 15.9. The molecule has 0 atom stereocenters. The summed E-state index contributed by atoms with van der Waals surface area (Å²) in [5, 5.41) is 10.4. The molecule has 2 aromatic heterocycles. The normalized spacial score (nSPS) is 11.8. The second kappa shape index (κ2) is 10.3. The lowest BCUT2D eigenvalue weighted by Crippen LogP contribution is -1.97. The largest absolute Gasteiger partial charge is 0.244 e. The Kier molecular flexibility index (Phi) is 5.78. The Morgan fingerprint density at radius 1 is 0.404 bits per heavy atom. The van der Waals surface area contributed by atoms with E-state index < -0.39 is 0 Å². The molecule has 0 saturated carbocycles. The summed E-state index contributed by atoms with van der Waals surface area (Å²) in [6.07, 6.45) is 0. The van der Waals surface area contributed by atoms with Crippen molar-refractivity contribution in [3.8, 4) is 33.6 Å². The highest BCUT2D eigenvalue weighted by atomic mass is 32.1. The number of rotatable bonds is 3. The maximum atomic E-state index is 5.36. The van der Waals surface area contributed by atoms with Gasteiger partial charge in [0, 0.05) is 42.2 Å². The second-order valence-electron chi connectivity index (χ2n) is 12.1. The van der Waals surface area contributed by atoms with Crippen molar-refractivity contribution in [1.82, 2.24) is 9.97 Å². The first-order chi connectivity index (χ1) is 23.3. The van der Waals surface area contributed by atoms with Crippen LogP contribution in [0.4, 0.5) is 0 Å². The molecule has 0 fully saturated rings. The van der Waals surface area contributed by atoms with Crippen LogP contribution in [0.2, 0.25) is 0 Å². The number of benzene rings is 8. The zero-order valence-corrected chi connectivity index (χ0v) is 26.1. The van der Waals surface area contributed by atoms with E-state index in [0.717, 1.165) is 44.7 Å². The van der Waals surface area contributed by atoms with Crippen molar-refractivity contribution < 1.29 is 0 Å². The quantitative estimate of drug-likeness (QED) is 0.185. The molecule has 0 radical (unpaired) electrons. The van der Waals surface area contributed by atoms with E-state index in [4.69, 9.17) is 9.97 Å². The Bertz CT molecular complexity index is 2840. The molecule has 3 heteroatoms. The highest BCUT2D eigenvalue weighted by Gasteiger charge is 2.18. The molecule has 0 aliphatic rings. The summed E-state index contributed by atoms with van der Waals surface area (Å²) < 4.78 is 2.70. The summed E-state index contributed by atoms with van der Waals surface area (Å²) in [6, 6.07) is 56.3. The molecular weight excluding hydrogens is 589 g/mol. The second-order valence-corrected chi connectivity index (χ2v) is 13.2. The van der Waals surface area contributed by atoms with E-state index in [2.05, 4.69) is 146 Å². The van der Waals surface area contributed by atoms with Crippen LogP contribution in [0.15, 0.2) is 158 Å². The van der Waals surface area contributed by atoms with Crippen LogP contribution in [-0.4, -0.2) is 9.97 Å². The molecule has 0 bridgehead atoms. The molecule has 8 aromatic carbocycles. The van der Waals surface area contributed by atoms with Crippen LogP contribution in [0.3, 0.4) is 0 Å². The Morgan fingerprint density at radius 3 is 1.85 bits per heavy atom. The van der Waals surface area contributed by atoms with Gasteiger partial charge in [0.2, 0.25) is 0 Å². The smallest absolute Gasteiger partial charge is 0.0973 e. The number of aromatic nitrogens is 2. The fraction of sp³-hybridized carbons (Fsp3) is 0. The monoisotopic (exact) mass is 614 g/mol. The highest BCUT2D eigenvalue weighted by molar-refractivity contribution is 7.27. The van der Waals surface area contributed by atoms with E-state index >= 15 is 0 Å². The lowest BCUT2D eigenvalue weighted by atomic mass is 9.91. The first kappa shape index (κ1) is 26.3. The van der Waals surface area contributed by atoms with Gasteiger partial charge in [0.1, 0.15) is 0 Å². The molecule has 0 spiro atoms. The minimum Gasteiger partial charge on any atom is -0.244 e. The van der Waals surface area contributed by atoms with Crippen LogP contribution in [0, 0.1) is 0 Å². The van der Waals surface area contributed by atoms with Crippen LogP contribution in [0.1, 0.15) is 0 Å². The Labute approximate surface area is 275 Å². The average Bonchev–Trinajstić information content (AvgIpc) is 3.54. The Hall–Kier alpha value is -5.90. The Morgan fingerprint density at radius 2 is 1.06 bits per heavy atom. The van der Waals surface area contributed by atoms with Crippen molar-refractivity contribution in [3.63, 3.8) is 0 Å². The lowest BCUT2D eigenvalue weighted by Gasteiger charge is -2.14. The maximum absolute atomic E-state index is 5.36. The van der Waals surface area contributed by atoms with Gasteiger partial charge in [-0.2, -0.15) is 0 Å². The van der Waals surface area contributed by atoms with Gasteiger partial charge in [0.25, 0.3) is 0 Å². The number of thiophene rings is 1. The SMILES string of the molecule is c1ccc(-c2nc3cccc(-c4ccc5c(ccc6c5c5ccccc5c5sc7ccccc7c65)c4)c3nc2-c2ccccc2)cc1. The van der Waals surface area contributed by atoms with Crippen molar-refractivity contribution in [2.45, 2.75) is 0 Å². The van der Waals surface area contributed by atoms with E-state index in [-0.39, 0.29) is 0 Å². The van der Waals surface area contributed by atoms with Crippen molar-refractivity contribution in [3.05, 3.63) is 158 Å². The van der Waals surface area contributed by atoms with Gasteiger partial charge < -0.3 is 0 Å². The van der Waals surface area contributed by atoms with Gasteiger partial charge in [-0.15, -0.1) is 11.3 Å². The minimum atomic E-state index is 0.886. The number of para-hydroxylation sites is 1. The fourth-order valence-corrected chi connectivity index (χ4v) is 8.56. The van der Waals surface area contributed by atoms with Crippen molar-refractivity contribution in [2.75, 3.05) is 0 Å². The number of hydrogen-bond donors (Lipinski definition) is 0. The van der Waals surface area contributed by atoms with Crippen LogP contribution < -0.4 is 0 Å². The zero-order chi connectivity index (χ0) is 30.9. The summed E-state index contributed by atoms with van der Waals surface area (Å²) in [6.45, 7) is 0. The number of hydrogen-bond acceptors (Lipinski definition) is 3. The third kappa shape index (κ3) is 4.04. The zero-order valence-electron chi connectivity index (χ0n) is 25.3. The van der Waals surface area contributed by atoms with E-state index in [0.29, 0.717) is 0 Å². The van der Waals surface area contributed by atoms with Crippen molar-refractivity contribution in [2.24, 2.45) is 0 Å². The first-order valence-corrected chi connectivity index (χ1v) is 16.7. The molecule has 0 aliphatic heterocycles. The van der Waals surface area contributed by atoms with Gasteiger partial charge in [-0.1, -0.05) is 140 Å². The van der Waals surface area contributed by atoms with Gasteiger partial charge in [-0.25, -0.2) is 9.97 Å². The molecule has 218 valence electrons. The van der Waals surface area contributed by atoms with E-state index in [1.54, 1.807) is 0 Å².